The number of hydrogen-bond acceptors (Lipinski definition) is 6. The smallest absolute Gasteiger partial charge is 0.303 e. The highest BCUT2D eigenvalue weighted by Crippen LogP contribution is 2.26. The van der Waals surface area contributed by atoms with Gasteiger partial charge in [-0.15, -0.1) is 0 Å². The van der Waals surface area contributed by atoms with Gasteiger partial charge < -0.3 is 19.8 Å². The Morgan fingerprint density at radius 2 is 1.53 bits per heavy atom. The lowest BCUT2D eigenvalue weighted by atomic mass is 10.0. The number of carbonyl (C=O) groups is 5. The van der Waals surface area contributed by atoms with Crippen LogP contribution in [0, 0.1) is 29.6 Å². The summed E-state index contributed by atoms with van der Waals surface area (Å²) in [6, 6.07) is 13.8. The predicted molar refractivity (Wildman–Crippen MR) is 158 cm³/mol. The Morgan fingerprint density at radius 3 is 2.23 bits per heavy atom. The maximum Gasteiger partial charge on any atom is 0.303 e. The van der Waals surface area contributed by atoms with E-state index in [0.29, 0.717) is 41.9 Å². The van der Waals surface area contributed by atoms with E-state index in [1.807, 2.05) is 6.92 Å². The molecule has 2 aromatic carbocycles. The van der Waals surface area contributed by atoms with Gasteiger partial charge in [0, 0.05) is 62.9 Å². The van der Waals surface area contributed by atoms with Crippen LogP contribution in [0.1, 0.15) is 66.9 Å². The molecule has 2 aliphatic rings. The second kappa shape index (κ2) is 15.9. The van der Waals surface area contributed by atoms with Crippen molar-refractivity contribution in [1.82, 2.24) is 4.90 Å². The van der Waals surface area contributed by atoms with Crippen molar-refractivity contribution in [2.24, 2.45) is 5.92 Å². The van der Waals surface area contributed by atoms with Crippen LogP contribution >= 0.6 is 0 Å². The molecule has 0 spiro atoms. The van der Waals surface area contributed by atoms with Gasteiger partial charge in [0.2, 0.25) is 11.8 Å². The number of imide groups is 1. The van der Waals surface area contributed by atoms with Crippen molar-refractivity contribution in [3.8, 4) is 23.7 Å². The number of nitrogens with zero attached hydrogens (tertiary/aromatic N) is 2. The van der Waals surface area contributed by atoms with Crippen molar-refractivity contribution in [3.05, 3.63) is 65.2 Å². The summed E-state index contributed by atoms with van der Waals surface area (Å²) < 4.78 is 5.26. The van der Waals surface area contributed by atoms with E-state index in [9.17, 15) is 24.0 Å². The van der Waals surface area contributed by atoms with Crippen molar-refractivity contribution < 1.29 is 38.9 Å². The summed E-state index contributed by atoms with van der Waals surface area (Å²) in [6.07, 6.45) is 0.392. The Balaban J connectivity index is 0.000000250. The first-order chi connectivity index (χ1) is 20.6. The van der Waals surface area contributed by atoms with Crippen LogP contribution in [0.2, 0.25) is 0 Å². The second-order valence-corrected chi connectivity index (χ2v) is 10.0. The van der Waals surface area contributed by atoms with E-state index in [1.165, 1.54) is 0 Å². The van der Waals surface area contributed by atoms with Crippen molar-refractivity contribution in [2.75, 3.05) is 25.1 Å². The zero-order valence-corrected chi connectivity index (χ0v) is 24.2. The van der Waals surface area contributed by atoms with E-state index >= 15 is 0 Å². The molecule has 0 aromatic heterocycles. The zero-order valence-electron chi connectivity index (χ0n) is 24.2. The van der Waals surface area contributed by atoms with Crippen LogP contribution in [-0.4, -0.2) is 71.1 Å². The third-order valence-corrected chi connectivity index (χ3v) is 6.80. The number of amides is 3. The molecule has 10 heteroatoms. The van der Waals surface area contributed by atoms with Crippen molar-refractivity contribution in [1.29, 1.82) is 0 Å². The van der Waals surface area contributed by atoms with Crippen LogP contribution in [0.3, 0.4) is 0 Å². The van der Waals surface area contributed by atoms with E-state index < -0.39 is 23.8 Å². The molecule has 2 N–H and O–H groups in total. The maximum atomic E-state index is 13.0. The molecule has 0 saturated heterocycles. The summed E-state index contributed by atoms with van der Waals surface area (Å²) in [5, 5.41) is 17.3. The Bertz CT molecular complexity index is 1490. The minimum atomic E-state index is -0.969. The lowest BCUT2D eigenvalue weighted by Gasteiger charge is -2.28. The quantitative estimate of drug-likeness (QED) is 0.448. The maximum absolute atomic E-state index is 13.0. The fraction of sp³-hybridized carbons (Fsp3) is 0.364. The third kappa shape index (κ3) is 9.29. The summed E-state index contributed by atoms with van der Waals surface area (Å²) in [6.45, 7) is 3.10. The van der Waals surface area contributed by atoms with E-state index in [-0.39, 0.29) is 50.0 Å². The average molecular weight is 587 g/mol. The van der Waals surface area contributed by atoms with Crippen LogP contribution in [-0.2, 0) is 23.9 Å². The number of anilines is 1. The lowest BCUT2D eigenvalue weighted by molar-refractivity contribution is -0.141. The predicted octanol–water partition coefficient (Wildman–Crippen LogP) is 3.57. The van der Waals surface area contributed by atoms with Crippen molar-refractivity contribution >= 4 is 35.3 Å². The number of rotatable bonds is 8. The van der Waals surface area contributed by atoms with Gasteiger partial charge >= 0.3 is 11.9 Å². The van der Waals surface area contributed by atoms with Crippen LogP contribution in [0.4, 0.5) is 5.69 Å². The van der Waals surface area contributed by atoms with Crippen LogP contribution < -0.4 is 4.90 Å². The molecule has 2 heterocycles. The summed E-state index contributed by atoms with van der Waals surface area (Å²) in [5.74, 6) is 9.21. The standard InChI is InChI=1S/C20H15NO4.C13H19NO4/c22-18(10-5-11-19(23)24)21-17-9-4-2-7-15(17)13-12-14-6-1-3-8-16(14)20(21)25;1-10-9-14(12(15)6-7-13(16)17)8-4-3-5-11(10)18-2/h1-4,6-9H,5,10-11H2,(H,23,24);10-11H,4,6-9H2,1-2H3,(H,16,17)/t;10-,11?/m.0/s1. The van der Waals surface area contributed by atoms with Gasteiger partial charge in [0.05, 0.1) is 17.7 Å². The SMILES string of the molecule is COC1C#CCCN(C(=O)CCC(=O)O)C[C@@H]1C.O=C(O)CCCC(=O)N1C(=O)c2ccccc2C#Cc2ccccc21. The third-order valence-electron chi connectivity index (χ3n) is 6.80. The summed E-state index contributed by atoms with van der Waals surface area (Å²) in [5.41, 5.74) is 1.92. The number of carboxylic acid groups (broad SMARTS) is 2. The molecule has 4 rings (SSSR count). The molecule has 2 aliphatic heterocycles. The molecule has 2 aromatic rings. The van der Waals surface area contributed by atoms with Gasteiger partial charge in [-0.05, 0) is 30.7 Å². The number of ether oxygens (including phenoxy) is 1. The van der Waals surface area contributed by atoms with E-state index in [1.54, 1.807) is 60.5 Å². The highest BCUT2D eigenvalue weighted by atomic mass is 16.5. The number of hydrogen-bond donors (Lipinski definition) is 2. The number of carbonyl (C=O) groups excluding carboxylic acids is 3. The fourth-order valence-electron chi connectivity index (χ4n) is 4.60. The molecule has 3 amide bonds. The molecule has 0 radical (unpaired) electrons. The molecule has 2 atom stereocenters. The zero-order chi connectivity index (χ0) is 31.4. The number of para-hydroxylation sites is 1. The van der Waals surface area contributed by atoms with Crippen LogP contribution in [0.5, 0.6) is 0 Å². The number of methoxy groups -OCH3 is 1. The largest absolute Gasteiger partial charge is 0.481 e. The second-order valence-electron chi connectivity index (χ2n) is 10.0. The highest BCUT2D eigenvalue weighted by Gasteiger charge is 2.28. The molecular formula is C33H34N2O8. The monoisotopic (exact) mass is 586 g/mol. The first kappa shape index (κ1) is 32.6. The van der Waals surface area contributed by atoms with Gasteiger partial charge in [0.1, 0.15) is 6.10 Å². The van der Waals surface area contributed by atoms with Gasteiger partial charge in [-0.1, -0.05) is 54.9 Å². The normalized spacial score (nSPS) is 16.9. The summed E-state index contributed by atoms with van der Waals surface area (Å²) in [7, 11) is 1.61. The van der Waals surface area contributed by atoms with E-state index in [2.05, 4.69) is 23.7 Å². The van der Waals surface area contributed by atoms with Gasteiger partial charge in [-0.3, -0.25) is 24.0 Å². The molecule has 1 unspecified atom stereocenters. The molecule has 10 nitrogen and oxygen atoms in total. The van der Waals surface area contributed by atoms with E-state index in [0.717, 1.165) is 4.90 Å². The number of benzene rings is 2. The molecular weight excluding hydrogens is 552 g/mol. The van der Waals surface area contributed by atoms with Gasteiger partial charge in [0.15, 0.2) is 0 Å². The number of aliphatic carboxylic acids is 2. The van der Waals surface area contributed by atoms with Crippen molar-refractivity contribution in [2.45, 2.75) is 51.6 Å². The molecule has 43 heavy (non-hydrogen) atoms. The van der Waals surface area contributed by atoms with E-state index in [4.69, 9.17) is 14.9 Å². The molecule has 0 saturated carbocycles. The summed E-state index contributed by atoms with van der Waals surface area (Å²) in [4.78, 5) is 61.5. The minimum Gasteiger partial charge on any atom is -0.481 e. The minimum absolute atomic E-state index is 0.0258. The molecule has 224 valence electrons. The highest BCUT2D eigenvalue weighted by molar-refractivity contribution is 6.22. The lowest BCUT2D eigenvalue weighted by Crippen LogP contribution is -2.40. The Labute approximate surface area is 250 Å². The first-order valence-corrected chi connectivity index (χ1v) is 13.9. The van der Waals surface area contributed by atoms with Gasteiger partial charge in [-0.25, -0.2) is 4.90 Å². The topological polar surface area (TPSA) is 142 Å². The fourth-order valence-corrected chi connectivity index (χ4v) is 4.60. The molecule has 0 bridgehead atoms. The average Bonchev–Trinajstić information content (AvgIpc) is 2.97. The van der Waals surface area contributed by atoms with Crippen molar-refractivity contribution in [3.63, 3.8) is 0 Å². The van der Waals surface area contributed by atoms with Gasteiger partial charge in [0.25, 0.3) is 5.91 Å². The van der Waals surface area contributed by atoms with Gasteiger partial charge in [-0.2, -0.15) is 0 Å². The number of carboxylic acids is 2. The molecule has 0 aliphatic carbocycles. The summed E-state index contributed by atoms with van der Waals surface area (Å²) >= 11 is 0. The Hall–Kier alpha value is -4.93. The first-order valence-electron chi connectivity index (χ1n) is 13.9. The Kier molecular flexibility index (Phi) is 12.1. The van der Waals surface area contributed by atoms with Crippen LogP contribution in [0.15, 0.2) is 48.5 Å². The Morgan fingerprint density at radius 1 is 0.884 bits per heavy atom. The molecule has 0 fully saturated rings. The number of fused-ring (bicyclic) bond motifs is 2. The van der Waals surface area contributed by atoms with Crippen LogP contribution in [0.25, 0.3) is 0 Å².